The maximum atomic E-state index is 11.2. The SMILES string of the molecule is CC(C)/C(O)=C(/C(=N)c1c(Cl)cccc1Cl)C(=O)O. The van der Waals surface area contributed by atoms with Crippen molar-refractivity contribution in [3.8, 4) is 0 Å². The van der Waals surface area contributed by atoms with Crippen molar-refractivity contribution in [3.63, 3.8) is 0 Å². The third-order valence-corrected chi connectivity index (χ3v) is 3.11. The van der Waals surface area contributed by atoms with Crippen molar-refractivity contribution in [3.05, 3.63) is 45.1 Å². The highest BCUT2D eigenvalue weighted by Crippen LogP contribution is 2.28. The van der Waals surface area contributed by atoms with Gasteiger partial charge in [0.25, 0.3) is 0 Å². The van der Waals surface area contributed by atoms with Gasteiger partial charge in [0.1, 0.15) is 11.3 Å². The highest BCUT2D eigenvalue weighted by Gasteiger charge is 2.25. The molecule has 0 radical (unpaired) electrons. The van der Waals surface area contributed by atoms with Crippen LogP contribution in [0.25, 0.3) is 0 Å². The Balaban J connectivity index is 3.46. The third kappa shape index (κ3) is 3.28. The third-order valence-electron chi connectivity index (χ3n) is 2.48. The van der Waals surface area contributed by atoms with Gasteiger partial charge in [0.2, 0.25) is 0 Å². The number of aliphatic hydroxyl groups excluding tert-OH is 1. The summed E-state index contributed by atoms with van der Waals surface area (Å²) in [5.74, 6) is -2.20. The van der Waals surface area contributed by atoms with Crippen LogP contribution >= 0.6 is 23.2 Å². The Kier molecular flexibility index (Phi) is 4.97. The van der Waals surface area contributed by atoms with Crippen molar-refractivity contribution in [2.24, 2.45) is 5.92 Å². The summed E-state index contributed by atoms with van der Waals surface area (Å²) in [4.78, 5) is 11.2. The van der Waals surface area contributed by atoms with Crippen molar-refractivity contribution in [1.29, 1.82) is 5.41 Å². The number of allylic oxidation sites excluding steroid dienone is 1. The number of carboxylic acid groups (broad SMARTS) is 1. The lowest BCUT2D eigenvalue weighted by Crippen LogP contribution is -2.18. The molecule has 0 fully saturated rings. The average Bonchev–Trinajstić information content (AvgIpc) is 2.28. The predicted octanol–water partition coefficient (Wildman–Crippen LogP) is 3.91. The van der Waals surface area contributed by atoms with Gasteiger partial charge in [0.05, 0.1) is 15.8 Å². The van der Waals surface area contributed by atoms with Crippen LogP contribution in [0.2, 0.25) is 10.0 Å². The van der Waals surface area contributed by atoms with Gasteiger partial charge in [-0.1, -0.05) is 43.1 Å². The lowest BCUT2D eigenvalue weighted by molar-refractivity contribution is -0.132. The Hall–Kier alpha value is -1.52. The molecule has 0 amide bonds. The van der Waals surface area contributed by atoms with Gasteiger partial charge in [0.15, 0.2) is 0 Å². The number of carboxylic acids is 1. The van der Waals surface area contributed by atoms with Crippen LogP contribution in [0.5, 0.6) is 0 Å². The molecular formula is C13H13Cl2NO3. The van der Waals surface area contributed by atoms with Crippen LogP contribution in [0, 0.1) is 11.3 Å². The second-order valence-corrected chi connectivity index (χ2v) is 5.01. The van der Waals surface area contributed by atoms with Crippen molar-refractivity contribution in [1.82, 2.24) is 0 Å². The Morgan fingerprint density at radius 3 is 2.05 bits per heavy atom. The lowest BCUT2D eigenvalue weighted by Gasteiger charge is -2.13. The summed E-state index contributed by atoms with van der Waals surface area (Å²) < 4.78 is 0. The van der Waals surface area contributed by atoms with E-state index in [4.69, 9.17) is 33.7 Å². The minimum Gasteiger partial charge on any atom is -0.511 e. The van der Waals surface area contributed by atoms with E-state index in [0.717, 1.165) is 0 Å². The molecule has 0 spiro atoms. The van der Waals surface area contributed by atoms with Gasteiger partial charge in [-0.2, -0.15) is 0 Å². The number of rotatable bonds is 4. The molecule has 0 atom stereocenters. The fraction of sp³-hybridized carbons (Fsp3) is 0.231. The Bertz CT molecular complexity index is 545. The summed E-state index contributed by atoms with van der Waals surface area (Å²) >= 11 is 11.9. The van der Waals surface area contributed by atoms with Crippen molar-refractivity contribution >= 4 is 34.9 Å². The first kappa shape index (κ1) is 15.5. The highest BCUT2D eigenvalue weighted by atomic mass is 35.5. The second-order valence-electron chi connectivity index (χ2n) is 4.19. The lowest BCUT2D eigenvalue weighted by atomic mass is 9.97. The van der Waals surface area contributed by atoms with E-state index >= 15 is 0 Å². The van der Waals surface area contributed by atoms with E-state index in [0.29, 0.717) is 0 Å². The van der Waals surface area contributed by atoms with Crippen molar-refractivity contribution < 1.29 is 15.0 Å². The van der Waals surface area contributed by atoms with Crippen LogP contribution in [-0.2, 0) is 4.79 Å². The molecule has 0 unspecified atom stereocenters. The van der Waals surface area contributed by atoms with Gasteiger partial charge in [-0.3, -0.25) is 5.41 Å². The normalized spacial score (nSPS) is 12.3. The first-order valence-corrected chi connectivity index (χ1v) is 6.22. The van der Waals surface area contributed by atoms with Gasteiger partial charge in [-0.25, -0.2) is 4.79 Å². The van der Waals surface area contributed by atoms with Crippen LogP contribution in [-0.4, -0.2) is 21.9 Å². The molecule has 0 aliphatic heterocycles. The zero-order valence-electron chi connectivity index (χ0n) is 10.4. The number of aliphatic hydroxyl groups is 1. The number of carbonyl (C=O) groups is 1. The molecule has 1 rings (SSSR count). The number of hydrogen-bond donors (Lipinski definition) is 3. The van der Waals surface area contributed by atoms with E-state index in [9.17, 15) is 9.90 Å². The first-order chi connectivity index (χ1) is 8.77. The second kappa shape index (κ2) is 6.08. The Morgan fingerprint density at radius 2 is 1.68 bits per heavy atom. The largest absolute Gasteiger partial charge is 0.511 e. The number of aliphatic carboxylic acids is 1. The van der Waals surface area contributed by atoms with E-state index in [1.165, 1.54) is 12.1 Å². The van der Waals surface area contributed by atoms with Gasteiger partial charge >= 0.3 is 5.97 Å². The van der Waals surface area contributed by atoms with E-state index in [2.05, 4.69) is 0 Å². The fourth-order valence-corrected chi connectivity index (χ4v) is 2.08. The molecule has 4 nitrogen and oxygen atoms in total. The summed E-state index contributed by atoms with van der Waals surface area (Å²) in [6, 6.07) is 4.60. The first-order valence-electron chi connectivity index (χ1n) is 5.47. The van der Waals surface area contributed by atoms with Gasteiger partial charge in [-0.05, 0) is 12.1 Å². The van der Waals surface area contributed by atoms with Crippen molar-refractivity contribution in [2.75, 3.05) is 0 Å². The monoisotopic (exact) mass is 301 g/mol. The fourth-order valence-electron chi connectivity index (χ4n) is 1.49. The zero-order chi connectivity index (χ0) is 14.7. The summed E-state index contributed by atoms with van der Waals surface area (Å²) in [5, 5.41) is 27.3. The van der Waals surface area contributed by atoms with Crippen LogP contribution < -0.4 is 0 Å². The summed E-state index contributed by atoms with van der Waals surface area (Å²) in [7, 11) is 0. The highest BCUT2D eigenvalue weighted by molar-refractivity contribution is 6.43. The molecule has 0 heterocycles. The minimum absolute atomic E-state index is 0.0930. The predicted molar refractivity (Wildman–Crippen MR) is 75.4 cm³/mol. The molecule has 1 aromatic rings. The van der Waals surface area contributed by atoms with Crippen LogP contribution in [0.15, 0.2) is 29.5 Å². The Morgan fingerprint density at radius 1 is 1.21 bits per heavy atom. The molecular weight excluding hydrogens is 289 g/mol. The van der Waals surface area contributed by atoms with Crippen LogP contribution in [0.1, 0.15) is 19.4 Å². The Labute approximate surface area is 120 Å². The average molecular weight is 302 g/mol. The summed E-state index contributed by atoms with van der Waals surface area (Å²) in [6.45, 7) is 3.25. The molecule has 0 aliphatic rings. The number of halogens is 2. The molecule has 0 aromatic heterocycles. The molecule has 6 heteroatoms. The van der Waals surface area contributed by atoms with Crippen LogP contribution in [0.4, 0.5) is 0 Å². The van der Waals surface area contributed by atoms with E-state index < -0.39 is 23.2 Å². The molecule has 1 aromatic carbocycles. The molecule has 0 saturated carbocycles. The maximum Gasteiger partial charge on any atom is 0.341 e. The number of nitrogens with one attached hydrogen (secondary N) is 1. The topological polar surface area (TPSA) is 81.4 Å². The molecule has 19 heavy (non-hydrogen) atoms. The van der Waals surface area contributed by atoms with E-state index in [1.54, 1.807) is 19.9 Å². The molecule has 3 N–H and O–H groups in total. The summed E-state index contributed by atoms with van der Waals surface area (Å²) in [5.41, 5.74) is -0.810. The van der Waals surface area contributed by atoms with Crippen LogP contribution in [0.3, 0.4) is 0 Å². The maximum absolute atomic E-state index is 11.2. The van der Waals surface area contributed by atoms with Gasteiger partial charge in [-0.15, -0.1) is 0 Å². The van der Waals surface area contributed by atoms with E-state index in [1.807, 2.05) is 0 Å². The quantitative estimate of drug-likeness (QED) is 0.448. The zero-order valence-corrected chi connectivity index (χ0v) is 11.9. The smallest absolute Gasteiger partial charge is 0.341 e. The molecule has 0 bridgehead atoms. The number of benzene rings is 1. The van der Waals surface area contributed by atoms with Gasteiger partial charge in [0, 0.05) is 11.5 Å². The molecule has 102 valence electrons. The van der Waals surface area contributed by atoms with Crippen molar-refractivity contribution in [2.45, 2.75) is 13.8 Å². The molecule has 0 saturated heterocycles. The number of hydrogen-bond acceptors (Lipinski definition) is 3. The standard InChI is InChI=1S/C13H13Cl2NO3/c1-6(2)12(17)10(13(18)19)11(16)9-7(14)4-3-5-8(9)15/h3-6,16-17H,1-2H3,(H,18,19)/b12-10+,16-11?. The molecule has 0 aliphatic carbocycles. The summed E-state index contributed by atoms with van der Waals surface area (Å²) in [6.07, 6.45) is 0. The van der Waals surface area contributed by atoms with E-state index in [-0.39, 0.29) is 21.4 Å². The van der Waals surface area contributed by atoms with Gasteiger partial charge < -0.3 is 10.2 Å². The minimum atomic E-state index is -1.40.